The van der Waals surface area contributed by atoms with Gasteiger partial charge >= 0.3 is 0 Å². The van der Waals surface area contributed by atoms with E-state index in [9.17, 15) is 0 Å². The first-order valence-corrected chi connectivity index (χ1v) is 8.04. The van der Waals surface area contributed by atoms with Crippen molar-refractivity contribution in [3.63, 3.8) is 0 Å². The van der Waals surface area contributed by atoms with Gasteiger partial charge in [0.2, 0.25) is 0 Å². The van der Waals surface area contributed by atoms with Gasteiger partial charge in [0.15, 0.2) is 0 Å². The predicted molar refractivity (Wildman–Crippen MR) is 83.0 cm³/mol. The van der Waals surface area contributed by atoms with Gasteiger partial charge in [-0.05, 0) is 20.5 Å². The molecule has 1 rings (SSSR count). The van der Waals surface area contributed by atoms with E-state index in [2.05, 4.69) is 36.2 Å². The summed E-state index contributed by atoms with van der Waals surface area (Å²) in [7, 11) is 4.43. The van der Waals surface area contributed by atoms with Crippen molar-refractivity contribution in [1.29, 1.82) is 0 Å². The first-order valence-electron chi connectivity index (χ1n) is 8.04. The maximum absolute atomic E-state index is 5.78. The highest BCUT2D eigenvalue weighted by atomic mass is 15.3. The van der Waals surface area contributed by atoms with Gasteiger partial charge in [-0.15, -0.1) is 0 Å². The van der Waals surface area contributed by atoms with E-state index >= 15 is 0 Å². The lowest BCUT2D eigenvalue weighted by Crippen LogP contribution is -2.59. The van der Waals surface area contributed by atoms with E-state index in [1.165, 1.54) is 51.5 Å². The van der Waals surface area contributed by atoms with Crippen molar-refractivity contribution in [3.8, 4) is 0 Å². The molecule has 2 unspecified atom stereocenters. The van der Waals surface area contributed by atoms with Crippen LogP contribution < -0.4 is 11.3 Å². The lowest BCUT2D eigenvalue weighted by Gasteiger charge is -2.41. The van der Waals surface area contributed by atoms with Crippen LogP contribution in [0.3, 0.4) is 0 Å². The summed E-state index contributed by atoms with van der Waals surface area (Å²) >= 11 is 0. The third-order valence-electron chi connectivity index (χ3n) is 4.45. The molecule has 19 heavy (non-hydrogen) atoms. The van der Waals surface area contributed by atoms with Crippen molar-refractivity contribution in [2.75, 3.05) is 33.7 Å². The molecular weight excluding hydrogens is 236 g/mol. The van der Waals surface area contributed by atoms with Gasteiger partial charge in [-0.1, -0.05) is 45.4 Å². The lowest BCUT2D eigenvalue weighted by molar-refractivity contribution is 0.0845. The number of unbranched alkanes of at least 4 members (excludes halogenated alkanes) is 5. The molecule has 0 radical (unpaired) electrons. The summed E-state index contributed by atoms with van der Waals surface area (Å²) < 4.78 is 0. The molecule has 0 spiro atoms. The number of rotatable bonds is 9. The van der Waals surface area contributed by atoms with Crippen molar-refractivity contribution in [3.05, 3.63) is 0 Å². The van der Waals surface area contributed by atoms with E-state index in [4.69, 9.17) is 5.84 Å². The number of nitrogens with one attached hydrogen (secondary N) is 1. The Bertz CT molecular complexity index is 222. The molecule has 0 aromatic rings. The number of nitrogens with two attached hydrogens (primary N) is 1. The highest BCUT2D eigenvalue weighted by Gasteiger charge is 2.28. The molecule has 2 atom stereocenters. The van der Waals surface area contributed by atoms with Gasteiger partial charge in [0, 0.05) is 31.7 Å². The zero-order chi connectivity index (χ0) is 14.1. The van der Waals surface area contributed by atoms with Crippen LogP contribution in [0.1, 0.15) is 51.9 Å². The second kappa shape index (κ2) is 9.70. The fourth-order valence-electron chi connectivity index (χ4n) is 3.01. The van der Waals surface area contributed by atoms with Gasteiger partial charge in [-0.2, -0.15) is 0 Å². The van der Waals surface area contributed by atoms with Crippen LogP contribution >= 0.6 is 0 Å². The molecule has 1 aliphatic heterocycles. The minimum Gasteiger partial charge on any atom is -0.303 e. The molecule has 0 aromatic heterocycles. The van der Waals surface area contributed by atoms with E-state index < -0.39 is 0 Å². The molecule has 1 heterocycles. The molecule has 114 valence electrons. The Hall–Kier alpha value is -0.160. The summed E-state index contributed by atoms with van der Waals surface area (Å²) in [6, 6.07) is 0.985. The fourth-order valence-corrected chi connectivity index (χ4v) is 3.01. The van der Waals surface area contributed by atoms with E-state index in [-0.39, 0.29) is 0 Å². The molecule has 0 aromatic carbocycles. The Labute approximate surface area is 119 Å². The Morgan fingerprint density at radius 1 is 1.11 bits per heavy atom. The molecule has 0 aliphatic carbocycles. The molecule has 4 heteroatoms. The third-order valence-corrected chi connectivity index (χ3v) is 4.45. The largest absolute Gasteiger partial charge is 0.303 e. The van der Waals surface area contributed by atoms with Gasteiger partial charge in [0.25, 0.3) is 0 Å². The molecule has 0 bridgehead atoms. The quantitative estimate of drug-likeness (QED) is 0.381. The molecule has 1 saturated heterocycles. The van der Waals surface area contributed by atoms with E-state index in [0.717, 1.165) is 13.1 Å². The summed E-state index contributed by atoms with van der Waals surface area (Å²) in [6.45, 7) is 5.71. The number of hydrazine groups is 1. The Kier molecular flexibility index (Phi) is 8.62. The average Bonchev–Trinajstić information content (AvgIpc) is 2.41. The van der Waals surface area contributed by atoms with Crippen LogP contribution in [0, 0.1) is 0 Å². The van der Waals surface area contributed by atoms with Crippen LogP contribution in [0.15, 0.2) is 0 Å². The van der Waals surface area contributed by atoms with E-state index in [1.807, 2.05) is 0 Å². The molecule has 0 amide bonds. The molecule has 1 fully saturated rings. The lowest BCUT2D eigenvalue weighted by atomic mass is 9.98. The van der Waals surface area contributed by atoms with Crippen molar-refractivity contribution in [2.45, 2.75) is 64.0 Å². The predicted octanol–water partition coefficient (Wildman–Crippen LogP) is 1.81. The summed E-state index contributed by atoms with van der Waals surface area (Å²) in [5.74, 6) is 5.78. The first-order chi connectivity index (χ1) is 9.19. The van der Waals surface area contributed by atoms with Gasteiger partial charge in [0.05, 0.1) is 0 Å². The second-order valence-corrected chi connectivity index (χ2v) is 6.14. The van der Waals surface area contributed by atoms with Crippen LogP contribution in [0.25, 0.3) is 0 Å². The van der Waals surface area contributed by atoms with Crippen LogP contribution in [0.2, 0.25) is 0 Å². The maximum Gasteiger partial charge on any atom is 0.0387 e. The summed E-state index contributed by atoms with van der Waals surface area (Å²) in [4.78, 5) is 4.87. The van der Waals surface area contributed by atoms with Crippen LogP contribution in [-0.2, 0) is 0 Å². The van der Waals surface area contributed by atoms with Gasteiger partial charge < -0.3 is 4.90 Å². The zero-order valence-electron chi connectivity index (χ0n) is 13.2. The van der Waals surface area contributed by atoms with Gasteiger partial charge in [-0.3, -0.25) is 16.2 Å². The molecular formula is C15H34N4. The minimum absolute atomic E-state index is 0.430. The summed E-state index contributed by atoms with van der Waals surface area (Å²) in [6.07, 6.45) is 9.33. The smallest absolute Gasteiger partial charge is 0.0387 e. The van der Waals surface area contributed by atoms with Crippen molar-refractivity contribution in [2.24, 2.45) is 5.84 Å². The zero-order valence-corrected chi connectivity index (χ0v) is 13.2. The maximum atomic E-state index is 5.78. The Morgan fingerprint density at radius 3 is 2.47 bits per heavy atom. The number of piperazine rings is 1. The summed E-state index contributed by atoms with van der Waals surface area (Å²) in [5, 5.41) is 0. The van der Waals surface area contributed by atoms with E-state index in [0.29, 0.717) is 12.1 Å². The van der Waals surface area contributed by atoms with Crippen molar-refractivity contribution < 1.29 is 0 Å². The molecule has 1 aliphatic rings. The van der Waals surface area contributed by atoms with Crippen molar-refractivity contribution >= 4 is 0 Å². The van der Waals surface area contributed by atoms with E-state index in [1.54, 1.807) is 0 Å². The van der Waals surface area contributed by atoms with Crippen molar-refractivity contribution in [1.82, 2.24) is 15.2 Å². The van der Waals surface area contributed by atoms with Crippen LogP contribution in [0.5, 0.6) is 0 Å². The Morgan fingerprint density at radius 2 is 1.79 bits per heavy atom. The number of nitrogens with zero attached hydrogens (tertiary/aromatic N) is 2. The fraction of sp³-hybridized carbons (Fsp3) is 1.00. The minimum atomic E-state index is 0.430. The highest BCUT2D eigenvalue weighted by Crippen LogP contribution is 2.15. The second-order valence-electron chi connectivity index (χ2n) is 6.14. The molecule has 0 saturated carbocycles. The normalized spacial score (nSPS) is 23.7. The molecule has 3 N–H and O–H groups in total. The highest BCUT2D eigenvalue weighted by molar-refractivity contribution is 4.87. The summed E-state index contributed by atoms with van der Waals surface area (Å²) in [5.41, 5.74) is 3.06. The Balaban J connectivity index is 2.23. The van der Waals surface area contributed by atoms with Gasteiger partial charge in [0.1, 0.15) is 0 Å². The average molecular weight is 270 g/mol. The monoisotopic (exact) mass is 270 g/mol. The topological polar surface area (TPSA) is 44.5 Å². The third kappa shape index (κ3) is 6.21. The number of likely N-dealkylation sites (N-methyl/N-ethyl adjacent to an activating group) is 2. The van der Waals surface area contributed by atoms with Crippen LogP contribution in [0.4, 0.5) is 0 Å². The molecule has 4 nitrogen and oxygen atoms in total. The number of hydrogen-bond donors (Lipinski definition) is 2. The number of hydrogen-bond acceptors (Lipinski definition) is 4. The first kappa shape index (κ1) is 16.9. The van der Waals surface area contributed by atoms with Crippen LogP contribution in [-0.4, -0.2) is 55.6 Å². The standard InChI is InChI=1S/C15H34N4/c1-4-5-6-7-8-9-10-14(17-16)15-13-18(2)11-12-19(15)3/h14-15,17H,4-13,16H2,1-3H3. The van der Waals surface area contributed by atoms with Gasteiger partial charge in [-0.25, -0.2) is 0 Å². The SMILES string of the molecule is CCCCCCCCC(NN)C1CN(C)CCN1C.